The first kappa shape index (κ1) is 45.8. The van der Waals surface area contributed by atoms with Crippen molar-refractivity contribution in [2.24, 2.45) is 5.73 Å². The van der Waals surface area contributed by atoms with Crippen molar-refractivity contribution < 1.29 is 37.6 Å². The van der Waals surface area contributed by atoms with Crippen LogP contribution in [0.1, 0.15) is 181 Å². The number of nitrogens with two attached hydrogens (primary N) is 1. The van der Waals surface area contributed by atoms with Crippen LogP contribution in [0.25, 0.3) is 0 Å². The quantitative estimate of drug-likeness (QED) is 0.0285. The van der Waals surface area contributed by atoms with Gasteiger partial charge in [0.2, 0.25) is 0 Å². The van der Waals surface area contributed by atoms with E-state index in [0.29, 0.717) is 6.42 Å². The van der Waals surface area contributed by atoms with Gasteiger partial charge in [-0.2, -0.15) is 0 Å². The molecule has 0 aliphatic rings. The third-order valence-corrected chi connectivity index (χ3v) is 9.14. The van der Waals surface area contributed by atoms with Gasteiger partial charge in [0.15, 0.2) is 6.10 Å². The zero-order chi connectivity index (χ0) is 34.7. The molecule has 0 aliphatic carbocycles. The van der Waals surface area contributed by atoms with Gasteiger partial charge in [-0.05, 0) is 38.5 Å². The average molecular weight is 690 g/mol. The lowest BCUT2D eigenvalue weighted by atomic mass is 10.0. The van der Waals surface area contributed by atoms with Crippen LogP contribution in [0.2, 0.25) is 0 Å². The number of phosphoric ester groups is 1. The molecule has 0 amide bonds. The van der Waals surface area contributed by atoms with E-state index in [1.807, 2.05) is 0 Å². The lowest BCUT2D eigenvalue weighted by molar-refractivity contribution is -0.161. The van der Waals surface area contributed by atoms with Crippen LogP contribution in [0.4, 0.5) is 0 Å². The first-order chi connectivity index (χ1) is 22.8. The van der Waals surface area contributed by atoms with Crippen molar-refractivity contribution in [1.29, 1.82) is 0 Å². The highest BCUT2D eigenvalue weighted by Crippen LogP contribution is 2.43. The summed E-state index contributed by atoms with van der Waals surface area (Å²) >= 11 is 0. The van der Waals surface area contributed by atoms with Gasteiger partial charge in [0.05, 0.1) is 13.2 Å². The Bertz CT molecular complexity index is 794. The van der Waals surface area contributed by atoms with Crippen molar-refractivity contribution in [3.05, 3.63) is 12.2 Å². The number of phosphoric acid groups is 1. The summed E-state index contributed by atoms with van der Waals surface area (Å²) in [5.74, 6) is -0.842. The Morgan fingerprint density at radius 3 is 1.53 bits per heavy atom. The molecule has 0 saturated heterocycles. The Balaban J connectivity index is 4.23. The Labute approximate surface area is 288 Å². The van der Waals surface area contributed by atoms with Gasteiger partial charge >= 0.3 is 19.8 Å². The van der Waals surface area contributed by atoms with Gasteiger partial charge in [-0.1, -0.05) is 142 Å². The highest BCUT2D eigenvalue weighted by atomic mass is 31.2. The Morgan fingerprint density at radius 1 is 0.617 bits per heavy atom. The minimum Gasteiger partial charge on any atom is -0.462 e. The van der Waals surface area contributed by atoms with E-state index >= 15 is 0 Å². The molecule has 278 valence electrons. The summed E-state index contributed by atoms with van der Waals surface area (Å²) in [7, 11) is -4.37. The van der Waals surface area contributed by atoms with Crippen molar-refractivity contribution in [3.8, 4) is 0 Å². The summed E-state index contributed by atoms with van der Waals surface area (Å²) < 4.78 is 32.6. The molecule has 0 aromatic carbocycles. The van der Waals surface area contributed by atoms with E-state index in [1.54, 1.807) is 0 Å². The van der Waals surface area contributed by atoms with Gasteiger partial charge in [0.1, 0.15) is 6.61 Å². The molecule has 0 spiro atoms. The molecule has 47 heavy (non-hydrogen) atoms. The van der Waals surface area contributed by atoms with Crippen LogP contribution in [0.15, 0.2) is 12.2 Å². The molecule has 0 rings (SSSR count). The zero-order valence-corrected chi connectivity index (χ0v) is 31.2. The molecule has 0 aromatic heterocycles. The van der Waals surface area contributed by atoms with Crippen molar-refractivity contribution in [2.45, 2.75) is 187 Å². The summed E-state index contributed by atoms with van der Waals surface area (Å²) in [6.45, 7) is 3.70. The number of carbonyl (C=O) groups is 2. The highest BCUT2D eigenvalue weighted by molar-refractivity contribution is 7.47. The van der Waals surface area contributed by atoms with E-state index in [4.69, 9.17) is 24.3 Å². The van der Waals surface area contributed by atoms with E-state index in [2.05, 4.69) is 26.0 Å². The van der Waals surface area contributed by atoms with Crippen molar-refractivity contribution in [1.82, 2.24) is 0 Å². The first-order valence-corrected chi connectivity index (χ1v) is 20.7. The lowest BCUT2D eigenvalue weighted by Crippen LogP contribution is -2.29. The number of rotatable bonds is 36. The van der Waals surface area contributed by atoms with Crippen LogP contribution in [-0.2, 0) is 32.7 Å². The summed E-state index contributed by atoms with van der Waals surface area (Å²) in [5.41, 5.74) is 5.33. The largest absolute Gasteiger partial charge is 0.472 e. The smallest absolute Gasteiger partial charge is 0.462 e. The number of carbonyl (C=O) groups excluding carboxylic acids is 2. The number of esters is 2. The molecule has 0 aliphatic heterocycles. The molecule has 10 heteroatoms. The van der Waals surface area contributed by atoms with Gasteiger partial charge in [-0.25, -0.2) is 4.57 Å². The van der Waals surface area contributed by atoms with Crippen LogP contribution < -0.4 is 5.73 Å². The molecule has 0 bridgehead atoms. The van der Waals surface area contributed by atoms with E-state index in [1.165, 1.54) is 103 Å². The van der Waals surface area contributed by atoms with Gasteiger partial charge < -0.3 is 20.1 Å². The van der Waals surface area contributed by atoms with Crippen LogP contribution in [0.3, 0.4) is 0 Å². The molecule has 2 atom stereocenters. The number of ether oxygens (including phenoxy) is 2. The van der Waals surface area contributed by atoms with Crippen LogP contribution >= 0.6 is 7.82 Å². The maximum atomic E-state index is 12.5. The summed E-state index contributed by atoms with van der Waals surface area (Å²) in [6.07, 6.45) is 32.4. The Kier molecular flexibility index (Phi) is 33.7. The maximum Gasteiger partial charge on any atom is 0.472 e. The van der Waals surface area contributed by atoms with E-state index in [9.17, 15) is 19.0 Å². The predicted molar refractivity (Wildman–Crippen MR) is 192 cm³/mol. The molecular formula is C37H72NO8P. The van der Waals surface area contributed by atoms with Crippen LogP contribution in [-0.4, -0.2) is 49.3 Å². The van der Waals surface area contributed by atoms with Gasteiger partial charge in [0, 0.05) is 19.4 Å². The number of hydrogen-bond acceptors (Lipinski definition) is 8. The van der Waals surface area contributed by atoms with Crippen molar-refractivity contribution in [2.75, 3.05) is 26.4 Å². The fourth-order valence-corrected chi connectivity index (χ4v) is 6.04. The second kappa shape index (κ2) is 34.6. The predicted octanol–water partition coefficient (Wildman–Crippen LogP) is 10.3. The van der Waals surface area contributed by atoms with Crippen molar-refractivity contribution in [3.63, 3.8) is 0 Å². The maximum absolute atomic E-state index is 12.5. The third kappa shape index (κ3) is 34.4. The lowest BCUT2D eigenvalue weighted by Gasteiger charge is -2.19. The topological polar surface area (TPSA) is 134 Å². The minimum atomic E-state index is -4.37. The number of hydrogen-bond donors (Lipinski definition) is 2. The normalized spacial score (nSPS) is 13.5. The van der Waals surface area contributed by atoms with E-state index in [0.717, 1.165) is 44.9 Å². The zero-order valence-electron chi connectivity index (χ0n) is 30.3. The monoisotopic (exact) mass is 689 g/mol. The van der Waals surface area contributed by atoms with E-state index in [-0.39, 0.29) is 38.6 Å². The molecular weight excluding hydrogens is 617 g/mol. The van der Waals surface area contributed by atoms with Gasteiger partial charge in [-0.15, -0.1) is 0 Å². The van der Waals surface area contributed by atoms with Crippen LogP contribution in [0.5, 0.6) is 0 Å². The van der Waals surface area contributed by atoms with E-state index < -0.39 is 26.5 Å². The number of allylic oxidation sites excluding steroid dienone is 2. The van der Waals surface area contributed by atoms with Crippen LogP contribution in [0, 0.1) is 0 Å². The SMILES string of the molecule is CCCCCCCC/C=C/CCCCCC(=O)O[C@H](COC(=O)CCCCCCCCCCCCCCC)COP(=O)(O)OCCN. The fourth-order valence-electron chi connectivity index (χ4n) is 5.28. The molecule has 0 aromatic rings. The Morgan fingerprint density at radius 2 is 1.04 bits per heavy atom. The summed E-state index contributed by atoms with van der Waals surface area (Å²) in [5, 5.41) is 0. The number of unbranched alkanes of at least 4 members (excludes halogenated alkanes) is 21. The second-order valence-electron chi connectivity index (χ2n) is 12.8. The average Bonchev–Trinajstić information content (AvgIpc) is 3.05. The molecule has 3 N–H and O–H groups in total. The van der Waals surface area contributed by atoms with Gasteiger partial charge in [0.25, 0.3) is 0 Å². The first-order valence-electron chi connectivity index (χ1n) is 19.2. The minimum absolute atomic E-state index is 0.0536. The molecule has 1 unspecified atom stereocenters. The third-order valence-electron chi connectivity index (χ3n) is 8.15. The molecule has 0 radical (unpaired) electrons. The highest BCUT2D eigenvalue weighted by Gasteiger charge is 2.25. The summed E-state index contributed by atoms with van der Waals surface area (Å²) in [4.78, 5) is 34.7. The molecule has 9 nitrogen and oxygen atoms in total. The fraction of sp³-hybridized carbons (Fsp3) is 0.892. The van der Waals surface area contributed by atoms with Crippen molar-refractivity contribution >= 4 is 19.8 Å². The molecule has 0 fully saturated rings. The Hall–Kier alpha value is -1.25. The standard InChI is InChI=1S/C37H72NO8P/c1-3-5-7-9-11-13-15-17-19-21-23-25-27-29-36(39)43-33-35(34-45-47(41,42)44-32-31-38)46-37(40)30-28-26-24-22-20-18-16-14-12-10-8-6-4-2/h18,20,35H,3-17,19,21-34,38H2,1-2H3,(H,41,42)/b20-18+/t35-/m1/s1. The second-order valence-corrected chi connectivity index (χ2v) is 14.3. The summed E-state index contributed by atoms with van der Waals surface area (Å²) in [6, 6.07) is 0. The molecule has 0 saturated carbocycles. The molecule has 0 heterocycles. The van der Waals surface area contributed by atoms with Gasteiger partial charge in [-0.3, -0.25) is 18.6 Å².